The van der Waals surface area contributed by atoms with E-state index in [-0.39, 0.29) is 11.8 Å². The van der Waals surface area contributed by atoms with Crippen LogP contribution in [0.15, 0.2) is 24.3 Å². The lowest BCUT2D eigenvalue weighted by Crippen LogP contribution is -2.35. The van der Waals surface area contributed by atoms with Gasteiger partial charge in [-0.1, -0.05) is 19.1 Å². The summed E-state index contributed by atoms with van der Waals surface area (Å²) in [5, 5.41) is 9.23. The first kappa shape index (κ1) is 16.3. The molecule has 1 fully saturated rings. The number of methoxy groups -OCH3 is 1. The Kier molecular flexibility index (Phi) is 4.74. The van der Waals surface area contributed by atoms with Gasteiger partial charge in [0.1, 0.15) is 5.75 Å². The maximum Gasteiger partial charge on any atom is 0.311 e. The molecule has 1 aromatic carbocycles. The van der Waals surface area contributed by atoms with Gasteiger partial charge in [0.2, 0.25) is 5.91 Å². The Balaban J connectivity index is 1.95. The molecule has 0 aliphatic carbocycles. The summed E-state index contributed by atoms with van der Waals surface area (Å²) in [7, 11) is 1.62. The van der Waals surface area contributed by atoms with Crippen LogP contribution >= 0.6 is 0 Å². The second kappa shape index (κ2) is 6.38. The summed E-state index contributed by atoms with van der Waals surface area (Å²) >= 11 is 0. The zero-order chi connectivity index (χ0) is 16.3. The van der Waals surface area contributed by atoms with E-state index in [4.69, 9.17) is 4.74 Å². The van der Waals surface area contributed by atoms with Crippen molar-refractivity contribution in [2.24, 2.45) is 5.41 Å². The van der Waals surface area contributed by atoms with Crippen molar-refractivity contribution in [3.8, 4) is 5.75 Å². The Labute approximate surface area is 130 Å². The molecule has 0 bridgehead atoms. The van der Waals surface area contributed by atoms with Crippen molar-refractivity contribution in [2.45, 2.75) is 32.6 Å². The smallest absolute Gasteiger partial charge is 0.311 e. The summed E-state index contributed by atoms with van der Waals surface area (Å²) in [5.41, 5.74) is 0.272. The van der Waals surface area contributed by atoms with Crippen molar-refractivity contribution in [1.82, 2.24) is 4.90 Å². The molecule has 1 aliphatic rings. The molecule has 1 heterocycles. The van der Waals surface area contributed by atoms with E-state index in [1.807, 2.05) is 31.2 Å². The van der Waals surface area contributed by atoms with Crippen LogP contribution in [-0.2, 0) is 9.59 Å². The Morgan fingerprint density at radius 1 is 1.36 bits per heavy atom. The van der Waals surface area contributed by atoms with Crippen molar-refractivity contribution in [3.63, 3.8) is 0 Å². The fraction of sp³-hybridized carbons (Fsp3) is 0.529. The standard InChI is InChI=1S/C17H23NO4/c1-12(13-4-6-14(22-3)7-5-13)10-15(19)18-9-8-17(2,11-18)16(20)21/h4-7,12H,8-11H2,1-3H3,(H,20,21)/t12-,17+/m1/s1. The first-order valence-electron chi connectivity index (χ1n) is 7.51. The average molecular weight is 305 g/mol. The second-order valence-corrected chi connectivity index (χ2v) is 6.31. The van der Waals surface area contributed by atoms with Gasteiger partial charge < -0.3 is 14.7 Å². The largest absolute Gasteiger partial charge is 0.497 e. The molecule has 22 heavy (non-hydrogen) atoms. The summed E-state index contributed by atoms with van der Waals surface area (Å²) in [6.07, 6.45) is 0.910. The predicted molar refractivity (Wildman–Crippen MR) is 83.0 cm³/mol. The van der Waals surface area contributed by atoms with Gasteiger partial charge in [-0.2, -0.15) is 0 Å². The Morgan fingerprint density at radius 3 is 2.50 bits per heavy atom. The van der Waals surface area contributed by atoms with Gasteiger partial charge in [0, 0.05) is 19.5 Å². The van der Waals surface area contributed by atoms with E-state index in [1.165, 1.54) is 0 Å². The number of aliphatic carboxylic acids is 1. The lowest BCUT2D eigenvalue weighted by atomic mass is 9.90. The Bertz CT molecular complexity index is 554. The van der Waals surface area contributed by atoms with Gasteiger partial charge in [-0.25, -0.2) is 0 Å². The van der Waals surface area contributed by atoms with Crippen LogP contribution in [0.3, 0.4) is 0 Å². The van der Waals surface area contributed by atoms with Crippen LogP contribution in [-0.4, -0.2) is 42.1 Å². The zero-order valence-electron chi connectivity index (χ0n) is 13.3. The van der Waals surface area contributed by atoms with Crippen molar-refractivity contribution in [2.75, 3.05) is 20.2 Å². The van der Waals surface area contributed by atoms with Gasteiger partial charge in [0.05, 0.1) is 12.5 Å². The number of rotatable bonds is 5. The highest BCUT2D eigenvalue weighted by Gasteiger charge is 2.42. The van der Waals surface area contributed by atoms with Crippen molar-refractivity contribution < 1.29 is 19.4 Å². The predicted octanol–water partition coefficient (Wildman–Crippen LogP) is 2.51. The van der Waals surface area contributed by atoms with Crippen LogP contribution in [0.1, 0.15) is 38.2 Å². The summed E-state index contributed by atoms with van der Waals surface area (Å²) in [6.45, 7) is 4.54. The number of carbonyl (C=O) groups excluding carboxylic acids is 1. The topological polar surface area (TPSA) is 66.8 Å². The first-order valence-corrected chi connectivity index (χ1v) is 7.51. The van der Waals surface area contributed by atoms with E-state index < -0.39 is 11.4 Å². The quantitative estimate of drug-likeness (QED) is 0.907. The number of hydrogen-bond donors (Lipinski definition) is 1. The van der Waals surface area contributed by atoms with Crippen molar-refractivity contribution in [1.29, 1.82) is 0 Å². The number of nitrogens with zero attached hydrogens (tertiary/aromatic N) is 1. The number of ether oxygens (including phenoxy) is 1. The number of benzene rings is 1. The molecule has 0 aromatic heterocycles. The third-order valence-corrected chi connectivity index (χ3v) is 4.51. The first-order chi connectivity index (χ1) is 10.4. The van der Waals surface area contributed by atoms with Crippen LogP contribution in [0, 0.1) is 5.41 Å². The van der Waals surface area contributed by atoms with Gasteiger partial charge in [0.25, 0.3) is 0 Å². The lowest BCUT2D eigenvalue weighted by molar-refractivity contribution is -0.147. The van der Waals surface area contributed by atoms with E-state index in [1.54, 1.807) is 18.9 Å². The van der Waals surface area contributed by atoms with E-state index in [0.29, 0.717) is 25.9 Å². The number of hydrogen-bond acceptors (Lipinski definition) is 3. The van der Waals surface area contributed by atoms with E-state index >= 15 is 0 Å². The molecule has 0 saturated carbocycles. The molecule has 1 aliphatic heterocycles. The van der Waals surface area contributed by atoms with E-state index in [0.717, 1.165) is 11.3 Å². The zero-order valence-corrected chi connectivity index (χ0v) is 13.3. The average Bonchev–Trinajstić information content (AvgIpc) is 2.91. The Morgan fingerprint density at radius 2 is 2.00 bits per heavy atom. The van der Waals surface area contributed by atoms with Crippen molar-refractivity contribution in [3.05, 3.63) is 29.8 Å². The molecule has 1 saturated heterocycles. The molecule has 120 valence electrons. The molecule has 5 heteroatoms. The normalized spacial score (nSPS) is 22.4. The highest BCUT2D eigenvalue weighted by molar-refractivity contribution is 5.81. The van der Waals surface area contributed by atoms with Crippen LogP contribution < -0.4 is 4.74 Å². The highest BCUT2D eigenvalue weighted by atomic mass is 16.5. The van der Waals surface area contributed by atoms with Gasteiger partial charge in [-0.3, -0.25) is 9.59 Å². The van der Waals surface area contributed by atoms with Crippen LogP contribution in [0.5, 0.6) is 5.75 Å². The summed E-state index contributed by atoms with van der Waals surface area (Å²) in [6, 6.07) is 7.69. The molecule has 0 unspecified atom stereocenters. The van der Waals surface area contributed by atoms with Gasteiger partial charge in [-0.15, -0.1) is 0 Å². The number of carboxylic acids is 1. The number of carboxylic acid groups (broad SMARTS) is 1. The molecular formula is C17H23NO4. The molecule has 5 nitrogen and oxygen atoms in total. The van der Waals surface area contributed by atoms with Gasteiger partial charge >= 0.3 is 5.97 Å². The van der Waals surface area contributed by atoms with Crippen LogP contribution in [0.2, 0.25) is 0 Å². The maximum atomic E-state index is 12.4. The van der Waals surface area contributed by atoms with E-state index in [2.05, 4.69) is 0 Å². The molecule has 2 rings (SSSR count). The molecular weight excluding hydrogens is 282 g/mol. The third-order valence-electron chi connectivity index (χ3n) is 4.51. The SMILES string of the molecule is COc1ccc([C@H](C)CC(=O)N2CC[C@](C)(C(=O)O)C2)cc1. The van der Waals surface area contributed by atoms with Crippen molar-refractivity contribution >= 4 is 11.9 Å². The third kappa shape index (κ3) is 3.40. The molecule has 0 radical (unpaired) electrons. The molecule has 1 amide bonds. The summed E-state index contributed by atoms with van der Waals surface area (Å²) in [4.78, 5) is 25.3. The fourth-order valence-corrected chi connectivity index (χ4v) is 2.79. The number of likely N-dealkylation sites (tertiary alicyclic amines) is 1. The van der Waals surface area contributed by atoms with Crippen LogP contribution in [0.25, 0.3) is 0 Å². The van der Waals surface area contributed by atoms with Gasteiger partial charge in [-0.05, 0) is 37.0 Å². The monoisotopic (exact) mass is 305 g/mol. The lowest BCUT2D eigenvalue weighted by Gasteiger charge is -2.22. The second-order valence-electron chi connectivity index (χ2n) is 6.31. The van der Waals surface area contributed by atoms with E-state index in [9.17, 15) is 14.7 Å². The minimum absolute atomic E-state index is 0.0216. The van der Waals surface area contributed by atoms with Crippen LogP contribution in [0.4, 0.5) is 0 Å². The minimum atomic E-state index is -0.828. The summed E-state index contributed by atoms with van der Waals surface area (Å²) < 4.78 is 5.13. The fourth-order valence-electron chi connectivity index (χ4n) is 2.79. The number of amides is 1. The maximum absolute atomic E-state index is 12.4. The van der Waals surface area contributed by atoms with Gasteiger partial charge in [0.15, 0.2) is 0 Å². The minimum Gasteiger partial charge on any atom is -0.497 e. The Hall–Kier alpha value is -2.04. The molecule has 1 aromatic rings. The molecule has 1 N–H and O–H groups in total. The summed E-state index contributed by atoms with van der Waals surface area (Å²) in [5.74, 6) is 0.0773. The highest BCUT2D eigenvalue weighted by Crippen LogP contribution is 2.31. The molecule has 0 spiro atoms. The molecule has 2 atom stereocenters. The number of carbonyl (C=O) groups is 2.